The lowest BCUT2D eigenvalue weighted by molar-refractivity contribution is -0.119. The van der Waals surface area contributed by atoms with E-state index in [1.54, 1.807) is 0 Å². The summed E-state index contributed by atoms with van der Waals surface area (Å²) in [6.45, 7) is 9.30. The zero-order valence-electron chi connectivity index (χ0n) is 10.2. The van der Waals surface area contributed by atoms with Gasteiger partial charge in [-0.1, -0.05) is 19.1 Å². The number of nitrogens with two attached hydrogens (primary N) is 1. The molecule has 1 saturated heterocycles. The van der Waals surface area contributed by atoms with Gasteiger partial charge in [0.25, 0.3) is 0 Å². The van der Waals surface area contributed by atoms with E-state index in [-0.39, 0.29) is 5.91 Å². The number of piperidine rings is 1. The quantitative estimate of drug-likeness (QED) is 0.647. The van der Waals surface area contributed by atoms with Gasteiger partial charge >= 0.3 is 0 Å². The first-order valence-electron chi connectivity index (χ1n) is 6.03. The lowest BCUT2D eigenvalue weighted by atomic mass is 10.0. The fourth-order valence-electron chi connectivity index (χ4n) is 2.09. The van der Waals surface area contributed by atoms with E-state index < -0.39 is 0 Å². The van der Waals surface area contributed by atoms with Crippen molar-refractivity contribution in [3.63, 3.8) is 0 Å². The Morgan fingerprint density at radius 1 is 1.44 bits per heavy atom. The van der Waals surface area contributed by atoms with Gasteiger partial charge in [-0.3, -0.25) is 9.69 Å². The molecule has 92 valence electrons. The van der Waals surface area contributed by atoms with Crippen LogP contribution in [-0.2, 0) is 4.79 Å². The summed E-state index contributed by atoms with van der Waals surface area (Å²) in [6.07, 6.45) is 3.13. The van der Waals surface area contributed by atoms with Gasteiger partial charge in [0.15, 0.2) is 0 Å². The maximum absolute atomic E-state index is 11.1. The number of rotatable bonds is 6. The minimum atomic E-state index is -0.248. The number of hydrogen-bond acceptors (Lipinski definition) is 3. The summed E-state index contributed by atoms with van der Waals surface area (Å²) in [6, 6.07) is 0.469. The average Bonchev–Trinajstić information content (AvgIpc) is 2.28. The smallest absolute Gasteiger partial charge is 0.231 e. The second-order valence-corrected chi connectivity index (χ2v) is 4.46. The van der Waals surface area contributed by atoms with E-state index in [2.05, 4.69) is 23.7 Å². The first-order chi connectivity index (χ1) is 7.63. The summed E-state index contributed by atoms with van der Waals surface area (Å²) in [5, 5.41) is 3.32. The van der Waals surface area contributed by atoms with E-state index in [1.807, 2.05) is 0 Å². The van der Waals surface area contributed by atoms with Crippen molar-refractivity contribution in [2.24, 2.45) is 5.73 Å². The van der Waals surface area contributed by atoms with Crippen molar-refractivity contribution >= 4 is 5.91 Å². The molecule has 1 amide bonds. The molecule has 0 aliphatic carbocycles. The molecule has 4 nitrogen and oxygen atoms in total. The number of primary amides is 1. The van der Waals surface area contributed by atoms with Crippen LogP contribution < -0.4 is 11.1 Å². The molecule has 0 aromatic carbocycles. The fraction of sp³-hybridized carbons (Fsp3) is 0.750. The Kier molecular flexibility index (Phi) is 5.49. The monoisotopic (exact) mass is 225 g/mol. The van der Waals surface area contributed by atoms with Crippen LogP contribution in [0.5, 0.6) is 0 Å². The highest BCUT2D eigenvalue weighted by molar-refractivity contribution is 5.76. The van der Waals surface area contributed by atoms with Crippen LogP contribution in [0.2, 0.25) is 0 Å². The Hall–Kier alpha value is -0.870. The lowest BCUT2D eigenvalue weighted by Gasteiger charge is -2.34. The van der Waals surface area contributed by atoms with Crippen LogP contribution in [0.1, 0.15) is 26.2 Å². The van der Waals surface area contributed by atoms with Gasteiger partial charge in [-0.15, -0.1) is 0 Å². The van der Waals surface area contributed by atoms with Crippen molar-refractivity contribution < 1.29 is 4.79 Å². The predicted molar refractivity (Wildman–Crippen MR) is 66.1 cm³/mol. The summed E-state index contributed by atoms with van der Waals surface area (Å²) in [5.74, 6) is -0.248. The number of carbonyl (C=O) groups is 1. The summed E-state index contributed by atoms with van der Waals surface area (Å²) in [4.78, 5) is 13.2. The molecule has 1 fully saturated rings. The van der Waals surface area contributed by atoms with Gasteiger partial charge in [0.2, 0.25) is 5.91 Å². The summed E-state index contributed by atoms with van der Waals surface area (Å²) in [7, 11) is 0. The van der Waals surface area contributed by atoms with E-state index in [9.17, 15) is 4.79 Å². The van der Waals surface area contributed by atoms with Gasteiger partial charge in [0, 0.05) is 12.6 Å². The Morgan fingerprint density at radius 3 is 2.56 bits per heavy atom. The van der Waals surface area contributed by atoms with Crippen LogP contribution in [-0.4, -0.2) is 43.0 Å². The molecule has 0 aromatic rings. The maximum atomic E-state index is 11.1. The fourth-order valence-corrected chi connectivity index (χ4v) is 2.09. The third-order valence-electron chi connectivity index (χ3n) is 3.11. The van der Waals surface area contributed by atoms with Gasteiger partial charge in [-0.2, -0.15) is 0 Å². The number of nitrogens with zero attached hydrogens (tertiary/aromatic N) is 1. The number of hydrogen-bond donors (Lipinski definition) is 2. The van der Waals surface area contributed by atoms with E-state index in [4.69, 9.17) is 5.73 Å². The van der Waals surface area contributed by atoms with Crippen molar-refractivity contribution in [3.05, 3.63) is 12.2 Å². The standard InChI is InChI=1S/C12H23N3O/c1-3-10(2)8-15(9-12(13)16)11-4-6-14-7-5-11/h11,14H,2-9H2,1H3,(H2,13,16). The minimum Gasteiger partial charge on any atom is -0.369 e. The van der Waals surface area contributed by atoms with Crippen LogP contribution in [0, 0.1) is 0 Å². The molecule has 0 spiro atoms. The molecule has 16 heavy (non-hydrogen) atoms. The molecular formula is C12H23N3O. The number of amides is 1. The van der Waals surface area contributed by atoms with Crippen molar-refractivity contribution in [1.29, 1.82) is 0 Å². The normalized spacial score (nSPS) is 17.6. The molecule has 0 bridgehead atoms. The van der Waals surface area contributed by atoms with Crippen LogP contribution in [0.15, 0.2) is 12.2 Å². The predicted octanol–water partition coefficient (Wildman–Crippen LogP) is 0.492. The molecule has 0 saturated carbocycles. The van der Waals surface area contributed by atoms with E-state index in [0.717, 1.165) is 38.9 Å². The molecule has 3 N–H and O–H groups in total. The van der Waals surface area contributed by atoms with Gasteiger partial charge < -0.3 is 11.1 Å². The van der Waals surface area contributed by atoms with Crippen LogP contribution in [0.4, 0.5) is 0 Å². The zero-order valence-corrected chi connectivity index (χ0v) is 10.2. The zero-order chi connectivity index (χ0) is 12.0. The highest BCUT2D eigenvalue weighted by atomic mass is 16.1. The third-order valence-corrected chi connectivity index (χ3v) is 3.11. The highest BCUT2D eigenvalue weighted by Gasteiger charge is 2.22. The Balaban J connectivity index is 2.53. The summed E-state index contributed by atoms with van der Waals surface area (Å²) < 4.78 is 0. The SMILES string of the molecule is C=C(CC)CN(CC(N)=O)C1CCNCC1. The largest absolute Gasteiger partial charge is 0.369 e. The van der Waals surface area contributed by atoms with Gasteiger partial charge in [0.1, 0.15) is 0 Å². The van der Waals surface area contributed by atoms with E-state index in [0.29, 0.717) is 12.6 Å². The molecule has 0 radical (unpaired) electrons. The van der Waals surface area contributed by atoms with Crippen LogP contribution in [0.25, 0.3) is 0 Å². The Morgan fingerprint density at radius 2 is 2.06 bits per heavy atom. The van der Waals surface area contributed by atoms with Crippen LogP contribution >= 0.6 is 0 Å². The van der Waals surface area contributed by atoms with Gasteiger partial charge in [-0.05, 0) is 32.4 Å². The maximum Gasteiger partial charge on any atom is 0.231 e. The van der Waals surface area contributed by atoms with Crippen molar-refractivity contribution in [3.8, 4) is 0 Å². The molecule has 1 heterocycles. The molecule has 0 aromatic heterocycles. The minimum absolute atomic E-state index is 0.248. The highest BCUT2D eigenvalue weighted by Crippen LogP contribution is 2.13. The second-order valence-electron chi connectivity index (χ2n) is 4.46. The molecule has 1 aliphatic rings. The molecule has 1 aliphatic heterocycles. The molecule has 0 atom stereocenters. The van der Waals surface area contributed by atoms with Crippen molar-refractivity contribution in [1.82, 2.24) is 10.2 Å². The van der Waals surface area contributed by atoms with Crippen LogP contribution in [0.3, 0.4) is 0 Å². The molecule has 0 unspecified atom stereocenters. The Bertz CT molecular complexity index is 247. The van der Waals surface area contributed by atoms with E-state index >= 15 is 0 Å². The summed E-state index contributed by atoms with van der Waals surface area (Å²) in [5.41, 5.74) is 6.46. The first kappa shape index (κ1) is 13.2. The van der Waals surface area contributed by atoms with Crippen molar-refractivity contribution in [2.75, 3.05) is 26.2 Å². The molecular weight excluding hydrogens is 202 g/mol. The molecule has 1 rings (SSSR count). The topological polar surface area (TPSA) is 58.4 Å². The lowest BCUT2D eigenvalue weighted by Crippen LogP contribution is -2.47. The van der Waals surface area contributed by atoms with Gasteiger partial charge in [0.05, 0.1) is 6.54 Å². The average molecular weight is 225 g/mol. The number of nitrogens with one attached hydrogen (secondary N) is 1. The van der Waals surface area contributed by atoms with Crippen molar-refractivity contribution in [2.45, 2.75) is 32.2 Å². The second kappa shape index (κ2) is 6.66. The third kappa shape index (κ3) is 4.33. The van der Waals surface area contributed by atoms with E-state index in [1.165, 1.54) is 5.57 Å². The first-order valence-corrected chi connectivity index (χ1v) is 6.03. The summed E-state index contributed by atoms with van der Waals surface area (Å²) >= 11 is 0. The Labute approximate surface area is 97.9 Å². The number of carbonyl (C=O) groups excluding carboxylic acids is 1. The van der Waals surface area contributed by atoms with Gasteiger partial charge in [-0.25, -0.2) is 0 Å². The molecule has 4 heteroatoms.